The van der Waals surface area contributed by atoms with Crippen LogP contribution in [-0.4, -0.2) is 38.1 Å². The van der Waals surface area contributed by atoms with Gasteiger partial charge in [0.2, 0.25) is 11.8 Å². The van der Waals surface area contributed by atoms with E-state index in [1.54, 1.807) is 42.5 Å². The predicted molar refractivity (Wildman–Crippen MR) is 127 cm³/mol. The van der Waals surface area contributed by atoms with Crippen LogP contribution >= 0.6 is 11.3 Å². The number of nitrogens with zero attached hydrogens (tertiary/aromatic N) is 1. The van der Waals surface area contributed by atoms with Crippen LogP contribution < -0.4 is 19.7 Å². The number of hydrogen-bond acceptors (Lipinski definition) is 8. The zero-order valence-corrected chi connectivity index (χ0v) is 19.6. The quantitative estimate of drug-likeness (QED) is 0.444. The number of carbonyl (C=O) groups excluding carboxylic acids is 3. The molecule has 0 spiro atoms. The Bertz CT molecular complexity index is 1310. The molecule has 0 saturated carbocycles. The lowest BCUT2D eigenvalue weighted by atomic mass is 9.75. The van der Waals surface area contributed by atoms with E-state index < -0.39 is 35.3 Å². The number of nitrogens with one attached hydrogen (secondary N) is 1. The zero-order valence-electron chi connectivity index (χ0n) is 18.8. The van der Waals surface area contributed by atoms with Gasteiger partial charge in [0.05, 0.1) is 30.7 Å². The van der Waals surface area contributed by atoms with Crippen LogP contribution in [0, 0.1) is 11.8 Å². The molecule has 0 bridgehead atoms. The number of rotatable bonds is 4. The largest absolute Gasteiger partial charge is 0.486 e. The number of anilines is 1. The van der Waals surface area contributed by atoms with Gasteiger partial charge in [0.15, 0.2) is 17.0 Å². The van der Waals surface area contributed by atoms with Gasteiger partial charge < -0.3 is 14.2 Å². The maximum absolute atomic E-state index is 14.1. The van der Waals surface area contributed by atoms with Gasteiger partial charge in [-0.25, -0.2) is 9.69 Å². The van der Waals surface area contributed by atoms with Crippen LogP contribution in [0.4, 0.5) is 5.69 Å². The van der Waals surface area contributed by atoms with E-state index in [2.05, 4.69) is 5.32 Å². The van der Waals surface area contributed by atoms with Crippen LogP contribution in [0.15, 0.2) is 66.0 Å². The predicted octanol–water partition coefficient (Wildman–Crippen LogP) is 3.04. The summed E-state index contributed by atoms with van der Waals surface area (Å²) in [5, 5.41) is 5.29. The first-order chi connectivity index (χ1) is 17.1. The fourth-order valence-electron chi connectivity index (χ4n) is 5.48. The Morgan fingerprint density at radius 1 is 1.03 bits per heavy atom. The van der Waals surface area contributed by atoms with Crippen molar-refractivity contribution < 1.29 is 28.6 Å². The first kappa shape index (κ1) is 21.8. The summed E-state index contributed by atoms with van der Waals surface area (Å²) in [5.74, 6) is -2.20. The van der Waals surface area contributed by atoms with Crippen molar-refractivity contribution in [2.75, 3.05) is 25.2 Å². The topological polar surface area (TPSA) is 94.2 Å². The third-order valence-electron chi connectivity index (χ3n) is 6.93. The highest BCUT2D eigenvalue weighted by molar-refractivity contribution is 7.10. The van der Waals surface area contributed by atoms with Gasteiger partial charge in [-0.1, -0.05) is 36.4 Å². The summed E-state index contributed by atoms with van der Waals surface area (Å²) in [5.41, 5.74) is -0.563. The van der Waals surface area contributed by atoms with Crippen LogP contribution in [0.5, 0.6) is 11.5 Å². The Kier molecular flexibility index (Phi) is 5.12. The summed E-state index contributed by atoms with van der Waals surface area (Å²) in [4.78, 5) is 43.6. The molecular weight excluding hydrogens is 468 g/mol. The maximum atomic E-state index is 14.1. The molecule has 3 aliphatic heterocycles. The van der Waals surface area contributed by atoms with E-state index in [1.807, 2.05) is 23.6 Å². The second-order valence-electron chi connectivity index (χ2n) is 8.65. The summed E-state index contributed by atoms with van der Waals surface area (Å²) in [7, 11) is 1.29. The van der Waals surface area contributed by atoms with E-state index in [1.165, 1.54) is 23.3 Å². The molecule has 0 aliphatic carbocycles. The van der Waals surface area contributed by atoms with E-state index in [9.17, 15) is 14.4 Å². The number of carbonyl (C=O) groups is 3. The molecule has 4 atom stereocenters. The summed E-state index contributed by atoms with van der Waals surface area (Å²) in [6.45, 7) is 0.818. The molecule has 3 aliphatic rings. The number of ether oxygens (including phenoxy) is 3. The first-order valence-corrected chi connectivity index (χ1v) is 12.2. The summed E-state index contributed by atoms with van der Waals surface area (Å²) >= 11 is 1.47. The molecule has 2 saturated heterocycles. The molecule has 9 heteroatoms. The molecule has 178 valence electrons. The van der Waals surface area contributed by atoms with Crippen LogP contribution in [0.1, 0.15) is 16.5 Å². The van der Waals surface area contributed by atoms with Gasteiger partial charge in [-0.15, -0.1) is 11.3 Å². The van der Waals surface area contributed by atoms with Crippen molar-refractivity contribution in [3.63, 3.8) is 0 Å². The molecule has 4 heterocycles. The van der Waals surface area contributed by atoms with Gasteiger partial charge in [-0.05, 0) is 29.1 Å². The second-order valence-corrected chi connectivity index (χ2v) is 9.63. The van der Waals surface area contributed by atoms with Crippen LogP contribution in [0.2, 0.25) is 0 Å². The van der Waals surface area contributed by atoms with Gasteiger partial charge in [0.25, 0.3) is 0 Å². The minimum atomic E-state index is -1.52. The Hall–Kier alpha value is -3.69. The Morgan fingerprint density at radius 3 is 2.51 bits per heavy atom. The number of fused-ring (bicyclic) bond motifs is 2. The van der Waals surface area contributed by atoms with Crippen LogP contribution in [-0.2, 0) is 24.7 Å². The van der Waals surface area contributed by atoms with Gasteiger partial charge in [0, 0.05) is 10.9 Å². The van der Waals surface area contributed by atoms with E-state index in [0.717, 1.165) is 4.88 Å². The van der Waals surface area contributed by atoms with Crippen molar-refractivity contribution in [1.82, 2.24) is 5.32 Å². The molecule has 6 rings (SSSR count). The van der Waals surface area contributed by atoms with Crippen molar-refractivity contribution in [1.29, 1.82) is 0 Å². The highest BCUT2D eigenvalue weighted by atomic mass is 32.1. The maximum Gasteiger partial charge on any atom is 0.331 e. The normalized spacial score (nSPS) is 27.1. The van der Waals surface area contributed by atoms with E-state index >= 15 is 0 Å². The third-order valence-corrected chi connectivity index (χ3v) is 7.89. The number of methoxy groups -OCH3 is 1. The summed E-state index contributed by atoms with van der Waals surface area (Å²) in [6, 6.07) is 17.2. The fraction of sp³-hybridized carbons (Fsp3) is 0.269. The SMILES string of the molecule is COC(=O)[C@]1(c2ccccc2)N[C@H](c2cccs2)[C@@H]2C(=O)N(c3ccc4c(c3)OCCO4)C(=O)[C@@H]21. The van der Waals surface area contributed by atoms with Crippen molar-refractivity contribution in [2.45, 2.75) is 11.6 Å². The van der Waals surface area contributed by atoms with Crippen LogP contribution in [0.25, 0.3) is 0 Å². The average Bonchev–Trinajstić information content (AvgIpc) is 3.61. The molecule has 35 heavy (non-hydrogen) atoms. The van der Waals surface area contributed by atoms with Crippen molar-refractivity contribution in [3.05, 3.63) is 76.5 Å². The molecule has 1 N–H and O–H groups in total. The number of thiophene rings is 1. The smallest absolute Gasteiger partial charge is 0.331 e. The van der Waals surface area contributed by atoms with Gasteiger partial charge >= 0.3 is 5.97 Å². The van der Waals surface area contributed by atoms with Gasteiger partial charge in [-0.3, -0.25) is 14.9 Å². The number of hydrogen-bond donors (Lipinski definition) is 1. The third kappa shape index (κ3) is 3.11. The van der Waals surface area contributed by atoms with E-state index in [0.29, 0.717) is 36.0 Å². The Labute approximate surface area is 205 Å². The summed E-state index contributed by atoms with van der Waals surface area (Å²) in [6.07, 6.45) is 0. The molecule has 1 aromatic heterocycles. The number of amides is 2. The highest BCUT2D eigenvalue weighted by Crippen LogP contribution is 2.55. The highest BCUT2D eigenvalue weighted by Gasteiger charge is 2.70. The molecule has 0 unspecified atom stereocenters. The molecular formula is C26H22N2O6S. The lowest BCUT2D eigenvalue weighted by Gasteiger charge is -2.33. The summed E-state index contributed by atoms with van der Waals surface area (Å²) < 4.78 is 16.5. The first-order valence-electron chi connectivity index (χ1n) is 11.3. The Morgan fingerprint density at radius 2 is 1.80 bits per heavy atom. The fourth-order valence-corrected chi connectivity index (χ4v) is 6.30. The Balaban J connectivity index is 1.52. The lowest BCUT2D eigenvalue weighted by molar-refractivity contribution is -0.152. The molecule has 2 aromatic carbocycles. The van der Waals surface area contributed by atoms with Gasteiger partial charge in [-0.2, -0.15) is 0 Å². The van der Waals surface area contributed by atoms with Crippen molar-refractivity contribution in [3.8, 4) is 11.5 Å². The minimum Gasteiger partial charge on any atom is -0.486 e. The molecule has 3 aromatic rings. The number of imide groups is 1. The molecule has 8 nitrogen and oxygen atoms in total. The molecule has 0 radical (unpaired) electrons. The van der Waals surface area contributed by atoms with Crippen molar-refractivity contribution in [2.24, 2.45) is 11.8 Å². The van der Waals surface area contributed by atoms with E-state index in [4.69, 9.17) is 14.2 Å². The standard InChI is InChI=1S/C26H22N2O6S/c1-32-25(31)26(15-6-3-2-4-7-15)21-20(22(27-26)19-8-5-13-35-19)23(29)28(24(21)30)16-9-10-17-18(14-16)34-12-11-33-17/h2-10,13-14,20-22,27H,11-12H2,1H3/t20-,21-,22-,26-/m1/s1. The molecule has 2 amide bonds. The average molecular weight is 491 g/mol. The van der Waals surface area contributed by atoms with Gasteiger partial charge in [0.1, 0.15) is 13.2 Å². The van der Waals surface area contributed by atoms with E-state index in [-0.39, 0.29) is 5.91 Å². The number of benzene rings is 2. The minimum absolute atomic E-state index is 0.371. The number of esters is 1. The second kappa shape index (κ2) is 8.21. The molecule has 2 fully saturated rings. The zero-order chi connectivity index (χ0) is 24.2. The van der Waals surface area contributed by atoms with Crippen LogP contribution in [0.3, 0.4) is 0 Å². The lowest BCUT2D eigenvalue weighted by Crippen LogP contribution is -2.53. The van der Waals surface area contributed by atoms with Crippen molar-refractivity contribution >= 4 is 34.8 Å². The monoisotopic (exact) mass is 490 g/mol.